The molecule has 0 aliphatic carbocycles. The highest BCUT2D eigenvalue weighted by molar-refractivity contribution is 5.79. The lowest BCUT2D eigenvalue weighted by atomic mass is 10.1. The van der Waals surface area contributed by atoms with Crippen molar-refractivity contribution >= 4 is 12.2 Å². The second-order valence-electron chi connectivity index (χ2n) is 4.05. The van der Waals surface area contributed by atoms with E-state index in [2.05, 4.69) is 0 Å². The van der Waals surface area contributed by atoms with Gasteiger partial charge < -0.3 is 9.64 Å². The van der Waals surface area contributed by atoms with Crippen molar-refractivity contribution in [1.29, 1.82) is 0 Å². The van der Waals surface area contributed by atoms with Crippen LogP contribution in [0.15, 0.2) is 18.2 Å². The molecule has 0 aromatic heterocycles. The highest BCUT2D eigenvalue weighted by Gasteiger charge is 2.06. The number of carbonyl (C=O) groups is 2. The summed E-state index contributed by atoms with van der Waals surface area (Å²) in [6, 6.07) is 5.38. The van der Waals surface area contributed by atoms with Gasteiger partial charge in [-0.3, -0.25) is 9.59 Å². The highest BCUT2D eigenvalue weighted by Crippen LogP contribution is 2.18. The highest BCUT2D eigenvalue weighted by atomic mass is 16.5. The van der Waals surface area contributed by atoms with E-state index in [1.54, 1.807) is 26.2 Å². The van der Waals surface area contributed by atoms with Crippen LogP contribution in [0.5, 0.6) is 5.75 Å². The van der Waals surface area contributed by atoms with E-state index in [-0.39, 0.29) is 12.5 Å². The molecule has 0 aliphatic heterocycles. The van der Waals surface area contributed by atoms with Gasteiger partial charge in [-0.15, -0.1) is 0 Å². The van der Waals surface area contributed by atoms with Gasteiger partial charge in [-0.05, 0) is 19.1 Å². The Labute approximate surface area is 101 Å². The first-order valence-corrected chi connectivity index (χ1v) is 5.43. The average Bonchev–Trinajstić information content (AvgIpc) is 2.30. The average molecular weight is 235 g/mol. The summed E-state index contributed by atoms with van der Waals surface area (Å²) in [7, 11) is 3.40. The SMILES string of the molecule is Cc1ccc(OCCC(=O)N(C)C)c(C=O)c1. The zero-order valence-corrected chi connectivity index (χ0v) is 10.4. The number of hydrogen-bond acceptors (Lipinski definition) is 3. The second kappa shape index (κ2) is 6.03. The molecular formula is C13H17NO3. The maximum atomic E-state index is 11.3. The Hall–Kier alpha value is -1.84. The minimum atomic E-state index is 0.00441. The van der Waals surface area contributed by atoms with Crippen LogP contribution in [0.1, 0.15) is 22.3 Å². The van der Waals surface area contributed by atoms with Crippen LogP contribution in [-0.2, 0) is 4.79 Å². The summed E-state index contributed by atoms with van der Waals surface area (Å²) >= 11 is 0. The zero-order chi connectivity index (χ0) is 12.8. The van der Waals surface area contributed by atoms with Gasteiger partial charge in [-0.25, -0.2) is 0 Å². The molecule has 0 bridgehead atoms. The van der Waals surface area contributed by atoms with Crippen molar-refractivity contribution in [3.8, 4) is 5.75 Å². The molecular weight excluding hydrogens is 218 g/mol. The van der Waals surface area contributed by atoms with E-state index in [0.717, 1.165) is 11.8 Å². The number of amides is 1. The predicted octanol–water partition coefficient (Wildman–Crippen LogP) is 1.66. The third-order valence-electron chi connectivity index (χ3n) is 2.36. The Morgan fingerprint density at radius 1 is 1.41 bits per heavy atom. The number of aryl methyl sites for hydroxylation is 1. The van der Waals surface area contributed by atoms with Crippen LogP contribution in [0.2, 0.25) is 0 Å². The van der Waals surface area contributed by atoms with E-state index in [4.69, 9.17) is 4.74 Å². The first kappa shape index (κ1) is 13.2. The Balaban J connectivity index is 2.57. The zero-order valence-electron chi connectivity index (χ0n) is 10.4. The number of hydrogen-bond donors (Lipinski definition) is 0. The summed E-state index contributed by atoms with van der Waals surface area (Å²) in [6.45, 7) is 2.19. The molecule has 0 aliphatic rings. The van der Waals surface area contributed by atoms with Crippen molar-refractivity contribution in [2.45, 2.75) is 13.3 Å². The minimum absolute atomic E-state index is 0.00441. The summed E-state index contributed by atoms with van der Waals surface area (Å²) < 4.78 is 5.43. The number of nitrogens with zero attached hydrogens (tertiary/aromatic N) is 1. The standard InChI is InChI=1S/C13H17NO3/c1-10-4-5-12(11(8-10)9-15)17-7-6-13(16)14(2)3/h4-5,8-9H,6-7H2,1-3H3. The van der Waals surface area contributed by atoms with Crippen LogP contribution in [-0.4, -0.2) is 37.8 Å². The molecule has 0 saturated heterocycles. The molecule has 0 fully saturated rings. The van der Waals surface area contributed by atoms with Gasteiger partial charge in [-0.2, -0.15) is 0 Å². The van der Waals surface area contributed by atoms with E-state index in [9.17, 15) is 9.59 Å². The van der Waals surface area contributed by atoms with Crippen molar-refractivity contribution in [1.82, 2.24) is 4.90 Å². The van der Waals surface area contributed by atoms with Gasteiger partial charge in [0.25, 0.3) is 0 Å². The number of aldehydes is 1. The van der Waals surface area contributed by atoms with E-state index in [1.807, 2.05) is 13.0 Å². The molecule has 1 aromatic carbocycles. The van der Waals surface area contributed by atoms with E-state index in [0.29, 0.717) is 17.7 Å². The summed E-state index contributed by atoms with van der Waals surface area (Å²) in [5.74, 6) is 0.530. The molecule has 17 heavy (non-hydrogen) atoms. The first-order valence-electron chi connectivity index (χ1n) is 5.43. The number of ether oxygens (including phenoxy) is 1. The molecule has 4 nitrogen and oxygen atoms in total. The molecule has 0 heterocycles. The summed E-state index contributed by atoms with van der Waals surface area (Å²) in [5, 5.41) is 0. The number of carbonyl (C=O) groups excluding carboxylic acids is 2. The largest absolute Gasteiger partial charge is 0.492 e. The van der Waals surface area contributed by atoms with Crippen LogP contribution in [0, 0.1) is 6.92 Å². The van der Waals surface area contributed by atoms with Crippen molar-refractivity contribution < 1.29 is 14.3 Å². The van der Waals surface area contributed by atoms with Gasteiger partial charge in [0.2, 0.25) is 5.91 Å². The molecule has 1 rings (SSSR count). The molecule has 0 radical (unpaired) electrons. The maximum Gasteiger partial charge on any atom is 0.225 e. The lowest BCUT2D eigenvalue weighted by molar-refractivity contribution is -0.129. The van der Waals surface area contributed by atoms with Crippen molar-refractivity contribution in [3.63, 3.8) is 0 Å². The maximum absolute atomic E-state index is 11.3. The quantitative estimate of drug-likeness (QED) is 0.729. The van der Waals surface area contributed by atoms with Crippen molar-refractivity contribution in [2.24, 2.45) is 0 Å². The normalized spacial score (nSPS) is 9.82. The summed E-state index contributed by atoms with van der Waals surface area (Å²) in [5.41, 5.74) is 1.52. The van der Waals surface area contributed by atoms with E-state index < -0.39 is 0 Å². The lowest BCUT2D eigenvalue weighted by Gasteiger charge is -2.12. The molecule has 1 aromatic rings. The van der Waals surface area contributed by atoms with Crippen LogP contribution in [0.4, 0.5) is 0 Å². The fourth-order valence-corrected chi connectivity index (χ4v) is 1.36. The van der Waals surface area contributed by atoms with Gasteiger partial charge in [-0.1, -0.05) is 11.6 Å². The molecule has 0 atom stereocenters. The van der Waals surface area contributed by atoms with Gasteiger partial charge in [0, 0.05) is 14.1 Å². The van der Waals surface area contributed by atoms with E-state index >= 15 is 0 Å². The van der Waals surface area contributed by atoms with Gasteiger partial charge >= 0.3 is 0 Å². The molecule has 0 N–H and O–H groups in total. The van der Waals surface area contributed by atoms with Gasteiger partial charge in [0.05, 0.1) is 18.6 Å². The summed E-state index contributed by atoms with van der Waals surface area (Å²) in [4.78, 5) is 23.7. The van der Waals surface area contributed by atoms with Crippen molar-refractivity contribution in [2.75, 3.05) is 20.7 Å². The second-order valence-corrected chi connectivity index (χ2v) is 4.05. The molecule has 0 unspecified atom stereocenters. The monoisotopic (exact) mass is 235 g/mol. The predicted molar refractivity (Wildman–Crippen MR) is 65.4 cm³/mol. The third-order valence-corrected chi connectivity index (χ3v) is 2.36. The van der Waals surface area contributed by atoms with Crippen LogP contribution >= 0.6 is 0 Å². The smallest absolute Gasteiger partial charge is 0.225 e. The third kappa shape index (κ3) is 3.90. The molecule has 4 heteroatoms. The lowest BCUT2D eigenvalue weighted by Crippen LogP contribution is -2.23. The van der Waals surface area contributed by atoms with Crippen LogP contribution in [0.3, 0.4) is 0 Å². The topological polar surface area (TPSA) is 46.6 Å². The Bertz CT molecular complexity index is 413. The summed E-state index contributed by atoms with van der Waals surface area (Å²) in [6.07, 6.45) is 1.06. The number of benzene rings is 1. The molecule has 0 saturated carbocycles. The van der Waals surface area contributed by atoms with Gasteiger partial charge in [0.1, 0.15) is 5.75 Å². The van der Waals surface area contributed by atoms with Crippen molar-refractivity contribution in [3.05, 3.63) is 29.3 Å². The first-order chi connectivity index (χ1) is 8.04. The van der Waals surface area contributed by atoms with Gasteiger partial charge in [0.15, 0.2) is 6.29 Å². The van der Waals surface area contributed by atoms with Crippen LogP contribution in [0.25, 0.3) is 0 Å². The Morgan fingerprint density at radius 3 is 2.71 bits per heavy atom. The minimum Gasteiger partial charge on any atom is -0.492 e. The fraction of sp³-hybridized carbons (Fsp3) is 0.385. The van der Waals surface area contributed by atoms with Crippen LogP contribution < -0.4 is 4.74 Å². The van der Waals surface area contributed by atoms with E-state index in [1.165, 1.54) is 4.90 Å². The molecule has 1 amide bonds. The Morgan fingerprint density at radius 2 is 2.12 bits per heavy atom. The number of rotatable bonds is 5. The fourth-order valence-electron chi connectivity index (χ4n) is 1.36. The molecule has 0 spiro atoms. The Kier molecular flexibility index (Phi) is 4.69. The molecule has 92 valence electrons.